The number of rotatable bonds is 4. The largest absolute Gasteiger partial charge is 0.325 e. The summed E-state index contributed by atoms with van der Waals surface area (Å²) in [7, 11) is 0. The fourth-order valence-corrected chi connectivity index (χ4v) is 1.35. The molecule has 0 aromatic heterocycles. The molecule has 1 N–H and O–H groups in total. The number of nitriles is 1. The van der Waals surface area contributed by atoms with E-state index in [0.717, 1.165) is 0 Å². The Hall–Kier alpha value is -2.15. The van der Waals surface area contributed by atoms with Gasteiger partial charge in [-0.2, -0.15) is 5.26 Å². The molecule has 88 valence electrons. The van der Waals surface area contributed by atoms with E-state index >= 15 is 0 Å². The second kappa shape index (κ2) is 5.80. The van der Waals surface area contributed by atoms with Gasteiger partial charge in [-0.1, -0.05) is 6.92 Å². The summed E-state index contributed by atoms with van der Waals surface area (Å²) in [5.74, 6) is -0.973. The van der Waals surface area contributed by atoms with Gasteiger partial charge in [0.15, 0.2) is 5.78 Å². The first-order valence-electron chi connectivity index (χ1n) is 5.40. The van der Waals surface area contributed by atoms with E-state index < -0.39 is 5.92 Å². The summed E-state index contributed by atoms with van der Waals surface area (Å²) in [6.45, 7) is 3.27. The maximum atomic E-state index is 11.6. The summed E-state index contributed by atoms with van der Waals surface area (Å²) in [4.78, 5) is 22.6. The molecule has 1 unspecified atom stereocenters. The third-order valence-corrected chi connectivity index (χ3v) is 2.44. The van der Waals surface area contributed by atoms with Gasteiger partial charge >= 0.3 is 0 Å². The molecule has 0 aliphatic heterocycles. The Bertz CT molecular complexity index is 457. The monoisotopic (exact) mass is 230 g/mol. The number of carbonyl (C=O) groups excluding carboxylic acids is 2. The maximum Gasteiger partial charge on any atom is 0.241 e. The van der Waals surface area contributed by atoms with Crippen molar-refractivity contribution in [2.24, 2.45) is 5.92 Å². The third kappa shape index (κ3) is 3.42. The van der Waals surface area contributed by atoms with Crippen molar-refractivity contribution in [3.63, 3.8) is 0 Å². The lowest BCUT2D eigenvalue weighted by Gasteiger charge is -2.08. The summed E-state index contributed by atoms with van der Waals surface area (Å²) in [6, 6.07) is 8.53. The van der Waals surface area contributed by atoms with Gasteiger partial charge in [0.25, 0.3) is 0 Å². The summed E-state index contributed by atoms with van der Waals surface area (Å²) in [5.41, 5.74) is 1.18. The topological polar surface area (TPSA) is 70.0 Å². The number of nitrogens with zero attached hydrogens (tertiary/aromatic N) is 1. The van der Waals surface area contributed by atoms with Gasteiger partial charge < -0.3 is 5.32 Å². The van der Waals surface area contributed by atoms with Gasteiger partial charge in [0.2, 0.25) is 5.91 Å². The van der Waals surface area contributed by atoms with Crippen molar-refractivity contribution >= 4 is 17.4 Å². The molecule has 4 nitrogen and oxygen atoms in total. The van der Waals surface area contributed by atoms with Crippen molar-refractivity contribution in [2.45, 2.75) is 20.3 Å². The zero-order valence-corrected chi connectivity index (χ0v) is 9.86. The molecule has 0 bridgehead atoms. The van der Waals surface area contributed by atoms with Crippen LogP contribution in [0, 0.1) is 17.2 Å². The van der Waals surface area contributed by atoms with Crippen molar-refractivity contribution in [3.05, 3.63) is 29.8 Å². The van der Waals surface area contributed by atoms with Crippen LogP contribution < -0.4 is 5.32 Å². The van der Waals surface area contributed by atoms with Crippen LogP contribution in [0.5, 0.6) is 0 Å². The molecule has 1 aromatic rings. The van der Waals surface area contributed by atoms with Crippen LogP contribution in [0.15, 0.2) is 24.3 Å². The lowest BCUT2D eigenvalue weighted by Crippen LogP contribution is -2.20. The normalized spacial score (nSPS) is 11.4. The van der Waals surface area contributed by atoms with Crippen LogP contribution in [0.25, 0.3) is 0 Å². The number of carbonyl (C=O) groups is 2. The van der Waals surface area contributed by atoms with Gasteiger partial charge in [-0.25, -0.2) is 0 Å². The summed E-state index contributed by atoms with van der Waals surface area (Å²) >= 11 is 0. The number of Topliss-reactive ketones (excluding diaryl/α,β-unsaturated/α-hetero) is 1. The number of ketones is 1. The van der Waals surface area contributed by atoms with Gasteiger partial charge in [-0.05, 0) is 37.6 Å². The van der Waals surface area contributed by atoms with Gasteiger partial charge in [0.05, 0.1) is 6.07 Å². The Morgan fingerprint density at radius 2 is 1.94 bits per heavy atom. The Kier molecular flexibility index (Phi) is 4.41. The molecule has 0 saturated heterocycles. The van der Waals surface area contributed by atoms with Crippen LogP contribution in [-0.4, -0.2) is 11.7 Å². The molecule has 0 heterocycles. The number of anilines is 1. The molecule has 1 atom stereocenters. The van der Waals surface area contributed by atoms with Crippen LogP contribution in [0.1, 0.15) is 30.6 Å². The van der Waals surface area contributed by atoms with Crippen molar-refractivity contribution in [2.75, 3.05) is 5.32 Å². The second-order valence-corrected chi connectivity index (χ2v) is 3.71. The zero-order chi connectivity index (χ0) is 12.8. The van der Waals surface area contributed by atoms with E-state index in [0.29, 0.717) is 17.7 Å². The summed E-state index contributed by atoms with van der Waals surface area (Å²) in [5, 5.41) is 11.4. The van der Waals surface area contributed by atoms with E-state index in [1.807, 2.05) is 6.07 Å². The van der Waals surface area contributed by atoms with Gasteiger partial charge in [0, 0.05) is 11.3 Å². The number of hydrogen-bond donors (Lipinski definition) is 1. The van der Waals surface area contributed by atoms with E-state index in [4.69, 9.17) is 5.26 Å². The predicted octanol–water partition coefficient (Wildman–Crippen LogP) is 2.38. The highest BCUT2D eigenvalue weighted by Crippen LogP contribution is 2.12. The smallest absolute Gasteiger partial charge is 0.241 e. The van der Waals surface area contributed by atoms with E-state index in [2.05, 4.69) is 5.32 Å². The Morgan fingerprint density at radius 3 is 2.35 bits per heavy atom. The van der Waals surface area contributed by atoms with Gasteiger partial charge in [-0.15, -0.1) is 0 Å². The third-order valence-electron chi connectivity index (χ3n) is 2.44. The van der Waals surface area contributed by atoms with E-state index in [1.54, 1.807) is 31.2 Å². The molecule has 0 radical (unpaired) electrons. The first-order valence-corrected chi connectivity index (χ1v) is 5.40. The Morgan fingerprint density at radius 1 is 1.35 bits per heavy atom. The standard InChI is InChI=1S/C13H14N2O2/c1-3-10(8-14)13(17)15-12-6-4-11(5-7-12)9(2)16/h4-7,10H,3H2,1-2H3,(H,15,17). The molecule has 0 saturated carbocycles. The fraction of sp³-hybridized carbons (Fsp3) is 0.308. The van der Waals surface area contributed by atoms with Crippen LogP contribution in [0.2, 0.25) is 0 Å². The molecular formula is C13H14N2O2. The van der Waals surface area contributed by atoms with Gasteiger partial charge in [-0.3, -0.25) is 9.59 Å². The molecular weight excluding hydrogens is 216 g/mol. The maximum absolute atomic E-state index is 11.6. The van der Waals surface area contributed by atoms with Crippen LogP contribution in [0.3, 0.4) is 0 Å². The second-order valence-electron chi connectivity index (χ2n) is 3.71. The SMILES string of the molecule is CCC(C#N)C(=O)Nc1ccc(C(C)=O)cc1. The Balaban J connectivity index is 2.73. The first-order chi connectivity index (χ1) is 8.08. The predicted molar refractivity (Wildman–Crippen MR) is 64.5 cm³/mol. The molecule has 0 aliphatic carbocycles. The molecule has 1 aromatic carbocycles. The van der Waals surface area contributed by atoms with Crippen LogP contribution in [0.4, 0.5) is 5.69 Å². The number of nitrogens with one attached hydrogen (secondary N) is 1. The Labute approximate surface area is 100 Å². The number of amides is 1. The summed E-state index contributed by atoms with van der Waals surface area (Å²) < 4.78 is 0. The molecule has 4 heteroatoms. The van der Waals surface area contributed by atoms with Crippen LogP contribution >= 0.6 is 0 Å². The molecule has 0 aliphatic rings. The molecule has 0 fully saturated rings. The number of hydrogen-bond acceptors (Lipinski definition) is 3. The van der Waals surface area contributed by atoms with Crippen molar-refractivity contribution in [1.82, 2.24) is 0 Å². The molecule has 17 heavy (non-hydrogen) atoms. The van der Waals surface area contributed by atoms with Gasteiger partial charge in [0.1, 0.15) is 5.92 Å². The minimum atomic E-state index is -0.637. The average molecular weight is 230 g/mol. The minimum absolute atomic E-state index is 0.0219. The van der Waals surface area contributed by atoms with Crippen LogP contribution in [-0.2, 0) is 4.79 Å². The summed E-state index contributed by atoms with van der Waals surface area (Å²) in [6.07, 6.45) is 0.480. The lowest BCUT2D eigenvalue weighted by molar-refractivity contribution is -0.118. The average Bonchev–Trinajstić information content (AvgIpc) is 2.31. The molecule has 1 amide bonds. The van der Waals surface area contributed by atoms with Crippen molar-refractivity contribution in [1.29, 1.82) is 5.26 Å². The van der Waals surface area contributed by atoms with Crippen molar-refractivity contribution < 1.29 is 9.59 Å². The van der Waals surface area contributed by atoms with E-state index in [-0.39, 0.29) is 11.7 Å². The first kappa shape index (κ1) is 12.9. The van der Waals surface area contributed by atoms with Crippen molar-refractivity contribution in [3.8, 4) is 6.07 Å². The highest BCUT2D eigenvalue weighted by Gasteiger charge is 2.15. The fourth-order valence-electron chi connectivity index (χ4n) is 1.35. The molecule has 0 spiro atoms. The molecule has 1 rings (SSSR count). The zero-order valence-electron chi connectivity index (χ0n) is 9.86. The van der Waals surface area contributed by atoms with E-state index in [9.17, 15) is 9.59 Å². The minimum Gasteiger partial charge on any atom is -0.325 e. The highest BCUT2D eigenvalue weighted by molar-refractivity contribution is 5.96. The van der Waals surface area contributed by atoms with E-state index in [1.165, 1.54) is 6.92 Å². The quantitative estimate of drug-likeness (QED) is 0.807. The highest BCUT2D eigenvalue weighted by atomic mass is 16.1. The number of benzene rings is 1. The lowest BCUT2D eigenvalue weighted by atomic mass is 10.1.